The zero-order valence-electron chi connectivity index (χ0n) is 10.7. The molecule has 1 aliphatic rings. The first kappa shape index (κ1) is 13.9. The van der Waals surface area contributed by atoms with Crippen molar-refractivity contribution in [2.75, 3.05) is 6.54 Å². The summed E-state index contributed by atoms with van der Waals surface area (Å²) in [7, 11) is 0. The Morgan fingerprint density at radius 1 is 1.37 bits per heavy atom. The number of carbonyl (C=O) groups is 1. The van der Waals surface area contributed by atoms with Crippen LogP contribution in [0, 0.1) is 5.92 Å². The van der Waals surface area contributed by atoms with Gasteiger partial charge < -0.3 is 4.90 Å². The largest absolute Gasteiger partial charge is 0.416 e. The maximum Gasteiger partial charge on any atom is 0.416 e. The van der Waals surface area contributed by atoms with Crippen LogP contribution in [0.1, 0.15) is 30.9 Å². The summed E-state index contributed by atoms with van der Waals surface area (Å²) in [4.78, 5) is 13.5. The maximum atomic E-state index is 12.6. The molecule has 0 aromatic heterocycles. The van der Waals surface area contributed by atoms with Crippen LogP contribution in [0.15, 0.2) is 24.3 Å². The average molecular weight is 271 g/mol. The molecule has 1 fully saturated rings. The van der Waals surface area contributed by atoms with Crippen molar-refractivity contribution in [3.63, 3.8) is 0 Å². The van der Waals surface area contributed by atoms with E-state index < -0.39 is 11.7 Å². The van der Waals surface area contributed by atoms with Crippen LogP contribution in [0.25, 0.3) is 0 Å². The van der Waals surface area contributed by atoms with Crippen LogP contribution < -0.4 is 0 Å². The van der Waals surface area contributed by atoms with Crippen LogP contribution >= 0.6 is 0 Å². The van der Waals surface area contributed by atoms with Gasteiger partial charge in [-0.1, -0.05) is 12.1 Å². The molecule has 0 unspecified atom stereocenters. The third kappa shape index (κ3) is 3.49. The van der Waals surface area contributed by atoms with Crippen LogP contribution in [0.3, 0.4) is 0 Å². The van der Waals surface area contributed by atoms with E-state index in [0.29, 0.717) is 12.1 Å². The first-order valence-electron chi connectivity index (χ1n) is 6.36. The summed E-state index contributed by atoms with van der Waals surface area (Å²) in [5, 5.41) is 0. The third-order valence-corrected chi connectivity index (χ3v) is 3.25. The molecule has 0 heterocycles. The van der Waals surface area contributed by atoms with Gasteiger partial charge in [-0.25, -0.2) is 0 Å². The Balaban J connectivity index is 2.11. The van der Waals surface area contributed by atoms with E-state index in [-0.39, 0.29) is 18.4 Å². The number of hydrogen-bond acceptors (Lipinski definition) is 1. The molecular formula is C14H16F3NO. The quantitative estimate of drug-likeness (QED) is 0.821. The Morgan fingerprint density at radius 2 is 2.05 bits per heavy atom. The van der Waals surface area contributed by atoms with Gasteiger partial charge >= 0.3 is 6.18 Å². The Bertz CT molecular complexity index is 466. The van der Waals surface area contributed by atoms with Crippen molar-refractivity contribution in [2.45, 2.75) is 32.5 Å². The van der Waals surface area contributed by atoms with Crippen LogP contribution in [-0.4, -0.2) is 17.4 Å². The topological polar surface area (TPSA) is 20.3 Å². The molecule has 1 aromatic rings. The van der Waals surface area contributed by atoms with E-state index in [2.05, 4.69) is 0 Å². The first-order valence-corrected chi connectivity index (χ1v) is 6.36. The van der Waals surface area contributed by atoms with Gasteiger partial charge in [-0.2, -0.15) is 13.2 Å². The number of benzene rings is 1. The van der Waals surface area contributed by atoms with Crippen LogP contribution in [0.2, 0.25) is 0 Å². The van der Waals surface area contributed by atoms with Crippen molar-refractivity contribution in [2.24, 2.45) is 5.92 Å². The smallest absolute Gasteiger partial charge is 0.338 e. The fourth-order valence-electron chi connectivity index (χ4n) is 2.00. The summed E-state index contributed by atoms with van der Waals surface area (Å²) in [6.45, 7) is 2.61. The van der Waals surface area contributed by atoms with Crippen molar-refractivity contribution >= 4 is 5.91 Å². The predicted molar refractivity (Wildman–Crippen MR) is 65.3 cm³/mol. The van der Waals surface area contributed by atoms with E-state index in [0.717, 1.165) is 25.0 Å². The third-order valence-electron chi connectivity index (χ3n) is 3.25. The Labute approximate surface area is 110 Å². The fourth-order valence-corrected chi connectivity index (χ4v) is 2.00. The number of nitrogens with zero attached hydrogens (tertiary/aromatic N) is 1. The van der Waals surface area contributed by atoms with Crippen molar-refractivity contribution in [3.05, 3.63) is 35.4 Å². The van der Waals surface area contributed by atoms with Gasteiger partial charge in [0, 0.05) is 19.0 Å². The lowest BCUT2D eigenvalue weighted by Crippen LogP contribution is -2.31. The second-order valence-corrected chi connectivity index (χ2v) is 4.82. The molecular weight excluding hydrogens is 255 g/mol. The van der Waals surface area contributed by atoms with E-state index in [1.54, 1.807) is 11.0 Å². The van der Waals surface area contributed by atoms with Crippen molar-refractivity contribution in [1.82, 2.24) is 4.90 Å². The number of halogens is 3. The molecule has 2 rings (SSSR count). The molecule has 5 heteroatoms. The minimum atomic E-state index is -4.34. The summed E-state index contributed by atoms with van der Waals surface area (Å²) < 4.78 is 37.8. The lowest BCUT2D eigenvalue weighted by Gasteiger charge is -2.21. The van der Waals surface area contributed by atoms with Crippen LogP contribution in [0.5, 0.6) is 0 Å². The lowest BCUT2D eigenvalue weighted by atomic mass is 10.1. The minimum absolute atomic E-state index is 0.0555. The van der Waals surface area contributed by atoms with Gasteiger partial charge in [-0.3, -0.25) is 4.79 Å². The number of hydrogen-bond donors (Lipinski definition) is 0. The van der Waals surface area contributed by atoms with E-state index in [9.17, 15) is 18.0 Å². The maximum absolute atomic E-state index is 12.6. The van der Waals surface area contributed by atoms with E-state index in [1.807, 2.05) is 6.92 Å². The number of carbonyl (C=O) groups excluding carboxylic acids is 1. The average Bonchev–Trinajstić information content (AvgIpc) is 3.18. The zero-order chi connectivity index (χ0) is 14.0. The molecule has 0 aliphatic heterocycles. The first-order chi connectivity index (χ1) is 8.91. The molecule has 104 valence electrons. The molecule has 0 saturated heterocycles. The van der Waals surface area contributed by atoms with Crippen molar-refractivity contribution in [1.29, 1.82) is 0 Å². The van der Waals surface area contributed by atoms with E-state index in [4.69, 9.17) is 0 Å². The summed E-state index contributed by atoms with van der Waals surface area (Å²) >= 11 is 0. The molecule has 0 radical (unpaired) electrons. The minimum Gasteiger partial charge on any atom is -0.338 e. The highest BCUT2D eigenvalue weighted by Crippen LogP contribution is 2.32. The van der Waals surface area contributed by atoms with Crippen LogP contribution in [-0.2, 0) is 17.5 Å². The summed E-state index contributed by atoms with van der Waals surface area (Å²) in [5.41, 5.74) is -0.148. The standard InChI is InChI=1S/C14H16F3NO/c1-2-18(13(19)11-6-7-11)9-10-4-3-5-12(8-10)14(15,16)17/h3-5,8,11H,2,6-7,9H2,1H3. The van der Waals surface area contributed by atoms with Gasteiger partial charge in [-0.05, 0) is 37.5 Å². The second kappa shape index (κ2) is 5.23. The van der Waals surface area contributed by atoms with Gasteiger partial charge in [0.1, 0.15) is 0 Å². The number of alkyl halides is 3. The molecule has 1 saturated carbocycles. The molecule has 0 bridgehead atoms. The van der Waals surface area contributed by atoms with Crippen molar-refractivity contribution < 1.29 is 18.0 Å². The Kier molecular flexibility index (Phi) is 3.83. The highest BCUT2D eigenvalue weighted by Gasteiger charge is 2.33. The van der Waals surface area contributed by atoms with Gasteiger partial charge in [0.15, 0.2) is 0 Å². The van der Waals surface area contributed by atoms with E-state index >= 15 is 0 Å². The molecule has 0 atom stereocenters. The second-order valence-electron chi connectivity index (χ2n) is 4.82. The molecule has 0 N–H and O–H groups in total. The zero-order valence-corrected chi connectivity index (χ0v) is 10.7. The Hall–Kier alpha value is -1.52. The fraction of sp³-hybridized carbons (Fsp3) is 0.500. The van der Waals surface area contributed by atoms with Gasteiger partial charge in [-0.15, -0.1) is 0 Å². The van der Waals surface area contributed by atoms with Gasteiger partial charge in [0.05, 0.1) is 5.56 Å². The van der Waals surface area contributed by atoms with Gasteiger partial charge in [0.25, 0.3) is 0 Å². The molecule has 2 nitrogen and oxygen atoms in total. The van der Waals surface area contributed by atoms with Gasteiger partial charge in [0.2, 0.25) is 5.91 Å². The molecule has 1 amide bonds. The SMILES string of the molecule is CCN(Cc1cccc(C(F)(F)F)c1)C(=O)C1CC1. The van der Waals surface area contributed by atoms with Crippen molar-refractivity contribution in [3.8, 4) is 0 Å². The number of amides is 1. The normalized spacial score (nSPS) is 15.4. The summed E-state index contributed by atoms with van der Waals surface area (Å²) in [5.74, 6) is 0.144. The molecule has 0 spiro atoms. The summed E-state index contributed by atoms with van der Waals surface area (Å²) in [6, 6.07) is 5.16. The predicted octanol–water partition coefficient (Wildman–Crippen LogP) is 3.46. The Morgan fingerprint density at radius 3 is 2.58 bits per heavy atom. The summed E-state index contributed by atoms with van der Waals surface area (Å²) in [6.07, 6.45) is -2.54. The molecule has 19 heavy (non-hydrogen) atoms. The van der Waals surface area contributed by atoms with E-state index in [1.165, 1.54) is 6.07 Å². The van der Waals surface area contributed by atoms with Crippen LogP contribution in [0.4, 0.5) is 13.2 Å². The number of rotatable bonds is 4. The lowest BCUT2D eigenvalue weighted by molar-refractivity contribution is -0.137. The molecule has 1 aromatic carbocycles. The highest BCUT2D eigenvalue weighted by molar-refractivity contribution is 5.81. The monoisotopic (exact) mass is 271 g/mol. The molecule has 1 aliphatic carbocycles. The highest BCUT2D eigenvalue weighted by atomic mass is 19.4.